The molecule has 0 fully saturated rings. The number of primary amides is 1. The Morgan fingerprint density at radius 3 is 1.96 bits per heavy atom. The van der Waals surface area contributed by atoms with Crippen molar-refractivity contribution in [3.05, 3.63) is 82.6 Å². The van der Waals surface area contributed by atoms with E-state index in [0.717, 1.165) is 0 Å². The van der Waals surface area contributed by atoms with Gasteiger partial charge in [0, 0.05) is 51.0 Å². The van der Waals surface area contributed by atoms with E-state index < -0.39 is 17.7 Å². The van der Waals surface area contributed by atoms with Gasteiger partial charge in [0.15, 0.2) is 5.65 Å². The van der Waals surface area contributed by atoms with Crippen LogP contribution in [0.3, 0.4) is 0 Å². The average Bonchev–Trinajstić information content (AvgIpc) is 3.96. The lowest BCUT2D eigenvalue weighted by molar-refractivity contribution is 0.0994. The van der Waals surface area contributed by atoms with Crippen molar-refractivity contribution in [3.8, 4) is 5.75 Å². The quantitative estimate of drug-likeness (QED) is 0.0541. The first kappa shape index (κ1) is 40.5. The molecule has 0 unspecified atom stereocenters. The molecule has 19 heteroatoms. The zero-order valence-corrected chi connectivity index (χ0v) is 31.8. The van der Waals surface area contributed by atoms with E-state index in [9.17, 15) is 24.3 Å². The van der Waals surface area contributed by atoms with Gasteiger partial charge in [0.2, 0.25) is 17.8 Å². The van der Waals surface area contributed by atoms with Gasteiger partial charge >= 0.3 is 0 Å². The Labute approximate surface area is 321 Å². The third kappa shape index (κ3) is 8.63. The summed E-state index contributed by atoms with van der Waals surface area (Å²) in [4.78, 5) is 64.4. The lowest BCUT2D eigenvalue weighted by atomic mass is 10.2. The number of ether oxygens (including phenoxy) is 1. The second kappa shape index (κ2) is 18.1. The molecule has 5 heterocycles. The molecule has 3 amide bonds. The number of aryl methyl sites for hydroxylation is 4. The molecule has 7 N–H and O–H groups in total. The number of amides is 3. The van der Waals surface area contributed by atoms with Gasteiger partial charge in [-0.05, 0) is 65.1 Å². The largest absolute Gasteiger partial charge is 0.491 e. The van der Waals surface area contributed by atoms with Gasteiger partial charge in [-0.2, -0.15) is 10.2 Å². The van der Waals surface area contributed by atoms with Gasteiger partial charge in [0.05, 0.1) is 29.1 Å². The SMILES string of the molecule is CCn1nc(C)cc1C(=O)Nc1nc2cc(C(N)=O)cnc2n1C/C=C/Cn1c(NC(=O)c2cc(C)nn2CC)nc2cc(C=O)cc(OCCCO)c21.CN. The zero-order chi connectivity index (χ0) is 40.5. The minimum atomic E-state index is -0.670. The first-order chi connectivity index (χ1) is 27.0. The van der Waals surface area contributed by atoms with Gasteiger partial charge < -0.3 is 25.9 Å². The van der Waals surface area contributed by atoms with Gasteiger partial charge in [-0.3, -0.25) is 43.7 Å². The third-order valence-electron chi connectivity index (χ3n) is 8.46. The Morgan fingerprint density at radius 2 is 1.41 bits per heavy atom. The molecule has 0 saturated heterocycles. The molecule has 56 heavy (non-hydrogen) atoms. The van der Waals surface area contributed by atoms with Crippen LogP contribution in [0.1, 0.15) is 73.3 Å². The van der Waals surface area contributed by atoms with Crippen molar-refractivity contribution in [2.45, 2.75) is 60.3 Å². The number of aliphatic hydroxyl groups is 1. The summed E-state index contributed by atoms with van der Waals surface area (Å²) >= 11 is 0. The molecule has 1 aromatic carbocycles. The fourth-order valence-electron chi connectivity index (χ4n) is 5.99. The average molecular weight is 768 g/mol. The fourth-order valence-corrected chi connectivity index (χ4v) is 5.99. The van der Waals surface area contributed by atoms with Crippen molar-refractivity contribution >= 4 is 58.1 Å². The Kier molecular flexibility index (Phi) is 13.0. The van der Waals surface area contributed by atoms with Crippen LogP contribution in [-0.4, -0.2) is 93.0 Å². The van der Waals surface area contributed by atoms with Crippen molar-refractivity contribution in [2.75, 3.05) is 30.9 Å². The highest BCUT2D eigenvalue weighted by atomic mass is 16.5. The molecular formula is C37H45N13O6. The number of aliphatic hydroxyl groups excluding tert-OH is 1. The number of aromatic nitrogens is 9. The highest BCUT2D eigenvalue weighted by Gasteiger charge is 2.22. The van der Waals surface area contributed by atoms with Crippen LogP contribution in [0.25, 0.3) is 22.2 Å². The van der Waals surface area contributed by atoms with Gasteiger partial charge in [-0.15, -0.1) is 0 Å². The third-order valence-corrected chi connectivity index (χ3v) is 8.46. The minimum absolute atomic E-state index is 0.0870. The van der Waals surface area contributed by atoms with Crippen LogP contribution in [0, 0.1) is 13.8 Å². The predicted molar refractivity (Wildman–Crippen MR) is 209 cm³/mol. The molecule has 0 aliphatic carbocycles. The number of fused-ring (bicyclic) bond motifs is 2. The van der Waals surface area contributed by atoms with Crippen molar-refractivity contribution < 1.29 is 29.0 Å². The fraction of sp³-hybridized carbons (Fsp3) is 0.324. The summed E-state index contributed by atoms with van der Waals surface area (Å²) in [5.74, 6) is -0.804. The van der Waals surface area contributed by atoms with Crippen LogP contribution in [-0.2, 0) is 26.2 Å². The number of nitrogens with zero attached hydrogens (tertiary/aromatic N) is 9. The summed E-state index contributed by atoms with van der Waals surface area (Å²) in [5.41, 5.74) is 14.2. The number of hydrogen-bond donors (Lipinski definition) is 5. The maximum Gasteiger partial charge on any atom is 0.276 e. The van der Waals surface area contributed by atoms with Crippen LogP contribution < -0.4 is 26.8 Å². The molecule has 0 aliphatic heterocycles. The Bertz CT molecular complexity index is 2420. The summed E-state index contributed by atoms with van der Waals surface area (Å²) in [7, 11) is 1.50. The second-order valence-corrected chi connectivity index (χ2v) is 12.3. The summed E-state index contributed by atoms with van der Waals surface area (Å²) in [6, 6.07) is 8.05. The first-order valence-corrected chi connectivity index (χ1v) is 17.9. The van der Waals surface area contributed by atoms with Gasteiger partial charge in [0.25, 0.3) is 11.8 Å². The van der Waals surface area contributed by atoms with Crippen LogP contribution >= 0.6 is 0 Å². The number of nitrogens with one attached hydrogen (secondary N) is 2. The molecule has 5 aromatic heterocycles. The minimum Gasteiger partial charge on any atom is -0.491 e. The lowest BCUT2D eigenvalue weighted by Gasteiger charge is -2.12. The smallest absolute Gasteiger partial charge is 0.276 e. The molecule has 19 nitrogen and oxygen atoms in total. The van der Waals surface area contributed by atoms with E-state index in [0.29, 0.717) is 82.1 Å². The van der Waals surface area contributed by atoms with Crippen LogP contribution in [0.5, 0.6) is 5.75 Å². The monoisotopic (exact) mass is 767 g/mol. The zero-order valence-electron chi connectivity index (χ0n) is 31.8. The second-order valence-electron chi connectivity index (χ2n) is 12.3. The Hall–Kier alpha value is -6.73. The van der Waals surface area contributed by atoms with Crippen molar-refractivity contribution in [2.24, 2.45) is 11.5 Å². The topological polar surface area (TPSA) is 258 Å². The van der Waals surface area contributed by atoms with E-state index in [4.69, 9.17) is 10.5 Å². The highest BCUT2D eigenvalue weighted by molar-refractivity contribution is 6.04. The van der Waals surface area contributed by atoms with E-state index in [2.05, 4.69) is 41.5 Å². The van der Waals surface area contributed by atoms with Gasteiger partial charge in [0.1, 0.15) is 34.5 Å². The van der Waals surface area contributed by atoms with Crippen LogP contribution in [0.15, 0.2) is 48.7 Å². The van der Waals surface area contributed by atoms with Crippen LogP contribution in [0.2, 0.25) is 0 Å². The molecule has 0 spiro atoms. The van der Waals surface area contributed by atoms with Crippen molar-refractivity contribution in [3.63, 3.8) is 0 Å². The lowest BCUT2D eigenvalue weighted by Crippen LogP contribution is -2.20. The number of carbonyl (C=O) groups is 4. The molecule has 0 radical (unpaired) electrons. The summed E-state index contributed by atoms with van der Waals surface area (Å²) < 4.78 is 12.6. The first-order valence-electron chi connectivity index (χ1n) is 17.9. The Morgan fingerprint density at radius 1 is 0.839 bits per heavy atom. The molecule has 6 aromatic rings. The van der Waals surface area contributed by atoms with Crippen LogP contribution in [0.4, 0.5) is 11.9 Å². The predicted octanol–water partition coefficient (Wildman–Crippen LogP) is 2.84. The number of hydrogen-bond acceptors (Lipinski definition) is 12. The number of allylic oxidation sites excluding steroid dienone is 2. The molecule has 294 valence electrons. The van der Waals surface area contributed by atoms with Crippen molar-refractivity contribution in [1.29, 1.82) is 0 Å². The van der Waals surface area contributed by atoms with E-state index in [1.54, 1.807) is 56.6 Å². The number of nitrogens with two attached hydrogens (primary N) is 2. The number of benzene rings is 1. The normalized spacial score (nSPS) is 11.2. The number of imidazole rings is 2. The number of anilines is 2. The number of pyridine rings is 1. The molecule has 0 aliphatic rings. The number of aldehydes is 1. The van der Waals surface area contributed by atoms with E-state index in [1.165, 1.54) is 19.3 Å². The standard InChI is InChI=1S/C36H40N12O6.CH5N/c1-5-47-27(14-21(3)43-47)33(52)41-35-39-25-16-23(20-50)17-29(54-13-9-12-49)30(25)45(35)10-7-8-11-46-32-26(18-24(19-38-32)31(37)51)40-36(46)42-34(53)28-15-22(4)44-48(28)6-2;1-2/h7-8,14-20,49H,5-6,9-13H2,1-4H3,(H2,37,51)(H,39,41,52)(H,40,42,53);2H2,1H3/b8-7+;. The molecule has 0 atom stereocenters. The molecule has 0 saturated carbocycles. The number of rotatable bonds is 16. The molecular weight excluding hydrogens is 722 g/mol. The summed E-state index contributed by atoms with van der Waals surface area (Å²) in [6.07, 6.45) is 6.03. The van der Waals surface area contributed by atoms with E-state index in [-0.39, 0.29) is 43.8 Å². The Balaban J connectivity index is 0.00000295. The molecule has 6 rings (SSSR count). The maximum atomic E-state index is 13.6. The number of carbonyl (C=O) groups excluding carboxylic acids is 4. The maximum absolute atomic E-state index is 13.6. The van der Waals surface area contributed by atoms with Crippen molar-refractivity contribution in [1.82, 2.24) is 43.6 Å². The summed E-state index contributed by atoms with van der Waals surface area (Å²) in [6.45, 7) is 8.77. The van der Waals surface area contributed by atoms with E-state index >= 15 is 0 Å². The van der Waals surface area contributed by atoms with E-state index in [1.807, 2.05) is 26.0 Å². The summed E-state index contributed by atoms with van der Waals surface area (Å²) in [5, 5.41) is 23.9. The molecule has 0 bridgehead atoms. The highest BCUT2D eigenvalue weighted by Crippen LogP contribution is 2.31. The van der Waals surface area contributed by atoms with Gasteiger partial charge in [-0.1, -0.05) is 12.2 Å². The van der Waals surface area contributed by atoms with Gasteiger partial charge in [-0.25, -0.2) is 15.0 Å².